The summed E-state index contributed by atoms with van der Waals surface area (Å²) >= 11 is 0. The average molecular weight is 719 g/mol. The van der Waals surface area contributed by atoms with Gasteiger partial charge in [0.25, 0.3) is 0 Å². The zero-order valence-corrected chi connectivity index (χ0v) is 32.0. The lowest BCUT2D eigenvalue weighted by Gasteiger charge is -2.36. The second kappa shape index (κ2) is 14.1. The fraction of sp³-hybridized carbons (Fsp3) is 0.170. The van der Waals surface area contributed by atoms with E-state index in [4.69, 9.17) is 9.97 Å². The summed E-state index contributed by atoms with van der Waals surface area (Å²) in [6.07, 6.45) is 8.83. The van der Waals surface area contributed by atoms with Gasteiger partial charge in [-0.1, -0.05) is 137 Å². The van der Waals surface area contributed by atoms with Crippen LogP contribution in [0, 0.1) is 0 Å². The first-order valence-corrected chi connectivity index (χ1v) is 19.3. The number of para-hydroxylation sites is 2. The number of imidazole rings is 3. The molecule has 1 aliphatic rings. The molecule has 5 aromatic carbocycles. The minimum Gasteiger partial charge on any atom is -0.394 e. The normalized spacial score (nSPS) is 12.4. The number of anilines is 1. The van der Waals surface area contributed by atoms with Gasteiger partial charge in [-0.2, -0.15) is 4.57 Å². The van der Waals surface area contributed by atoms with Gasteiger partial charge in [0, 0.05) is 41.0 Å². The molecule has 0 fully saturated rings. The molecular formula is C47H45BN7+. The molecule has 7 nitrogen and oxygen atoms in total. The highest BCUT2D eigenvalue weighted by Gasteiger charge is 2.39. The van der Waals surface area contributed by atoms with E-state index in [1.54, 1.807) is 0 Å². The molecule has 270 valence electrons. The maximum absolute atomic E-state index is 5.45. The van der Waals surface area contributed by atoms with Gasteiger partial charge in [-0.3, -0.25) is 0 Å². The van der Waals surface area contributed by atoms with Gasteiger partial charge in [0.15, 0.2) is 0 Å². The first-order valence-electron chi connectivity index (χ1n) is 19.3. The molecular weight excluding hydrogens is 673 g/mol. The second-order valence-electron chi connectivity index (χ2n) is 15.2. The van der Waals surface area contributed by atoms with Gasteiger partial charge in [-0.05, 0) is 58.7 Å². The van der Waals surface area contributed by atoms with Crippen molar-refractivity contribution in [2.45, 2.75) is 46.0 Å². The Morgan fingerprint density at radius 3 is 1.93 bits per heavy atom. The summed E-state index contributed by atoms with van der Waals surface area (Å²) < 4.78 is 4.70. The molecule has 8 heteroatoms. The molecule has 0 spiro atoms. The van der Waals surface area contributed by atoms with E-state index in [0.717, 1.165) is 40.1 Å². The van der Waals surface area contributed by atoms with E-state index < -0.39 is 0 Å². The number of rotatable bonds is 9. The molecule has 3 aromatic heterocycles. The van der Waals surface area contributed by atoms with Gasteiger partial charge < -0.3 is 14.3 Å². The monoisotopic (exact) mass is 718 g/mol. The number of benzene rings is 5. The van der Waals surface area contributed by atoms with Crippen LogP contribution in [-0.4, -0.2) is 38.4 Å². The summed E-state index contributed by atoms with van der Waals surface area (Å²) in [5.41, 5.74) is 14.2. The predicted molar refractivity (Wildman–Crippen MR) is 225 cm³/mol. The zero-order chi connectivity index (χ0) is 37.6. The van der Waals surface area contributed by atoms with E-state index in [-0.39, 0.29) is 6.98 Å². The summed E-state index contributed by atoms with van der Waals surface area (Å²) in [6, 6.07) is 43.6. The molecule has 0 saturated heterocycles. The topological polar surface area (TPSA) is 69.4 Å². The number of hydrogen-bond acceptors (Lipinski definition) is 3. The first kappa shape index (κ1) is 34.4. The van der Waals surface area contributed by atoms with Crippen molar-refractivity contribution in [2.75, 3.05) is 11.9 Å². The Hall–Kier alpha value is -6.41. The Labute approximate surface area is 323 Å². The zero-order valence-electron chi connectivity index (χ0n) is 32.0. The van der Waals surface area contributed by atoms with Gasteiger partial charge in [0.2, 0.25) is 5.82 Å². The lowest BCUT2D eigenvalue weighted by Crippen LogP contribution is -2.55. The number of H-pyrrole nitrogens is 2. The summed E-state index contributed by atoms with van der Waals surface area (Å²) in [7, 11) is 2.21. The predicted octanol–water partition coefficient (Wildman–Crippen LogP) is 9.41. The van der Waals surface area contributed by atoms with Crippen molar-refractivity contribution in [1.29, 1.82) is 0 Å². The highest BCUT2D eigenvalue weighted by atomic mass is 15.2. The fourth-order valence-corrected chi connectivity index (χ4v) is 8.40. The second-order valence-corrected chi connectivity index (χ2v) is 15.2. The molecule has 4 heterocycles. The summed E-state index contributed by atoms with van der Waals surface area (Å²) in [4.78, 5) is 19.7. The Kier molecular flexibility index (Phi) is 8.81. The molecule has 8 aromatic rings. The largest absolute Gasteiger partial charge is 0.417 e. The Morgan fingerprint density at radius 2 is 1.31 bits per heavy atom. The smallest absolute Gasteiger partial charge is 0.394 e. The third-order valence-electron chi connectivity index (χ3n) is 11.0. The van der Waals surface area contributed by atoms with Crippen LogP contribution >= 0.6 is 0 Å². The fourth-order valence-electron chi connectivity index (χ4n) is 8.40. The standard InChI is InChI=1S/C47H44BN7/c1-31(2)37-21-14-22-38(32(3)4)44(37)54-29-35(52-47(54)45-49-26-27-50-45)28-36-30-55-46(51-36)41-20-12-13-25-42(41)53(5)48(55)43-39(33-16-8-6-9-17-33)23-15-24-40(43)34-18-10-7-11-19-34/h6-27,29-32H,28H2,1-5H3,(H,49,50,52)/p+1. The molecule has 0 bridgehead atoms. The Morgan fingerprint density at radius 1 is 0.709 bits per heavy atom. The number of nitrogens with zero attached hydrogens (tertiary/aromatic N) is 5. The molecule has 0 radical (unpaired) electrons. The molecule has 0 saturated carbocycles. The van der Waals surface area contributed by atoms with Crippen LogP contribution in [0.4, 0.5) is 5.69 Å². The first-order chi connectivity index (χ1) is 26.9. The van der Waals surface area contributed by atoms with Crippen LogP contribution in [0.3, 0.4) is 0 Å². The maximum Gasteiger partial charge on any atom is 0.417 e. The van der Waals surface area contributed by atoms with Crippen LogP contribution in [0.2, 0.25) is 0 Å². The third kappa shape index (κ3) is 6.08. The van der Waals surface area contributed by atoms with E-state index in [0.29, 0.717) is 18.3 Å². The molecule has 0 unspecified atom stereocenters. The van der Waals surface area contributed by atoms with Crippen molar-refractivity contribution in [3.05, 3.63) is 169 Å². The lowest BCUT2D eigenvalue weighted by atomic mass is 9.59. The Bertz CT molecular complexity index is 2520. The van der Waals surface area contributed by atoms with Crippen molar-refractivity contribution in [1.82, 2.24) is 24.4 Å². The number of fused-ring (bicyclic) bond motifs is 3. The molecule has 9 rings (SSSR count). The quantitative estimate of drug-likeness (QED) is 0.116. The van der Waals surface area contributed by atoms with Crippen LogP contribution in [0.15, 0.2) is 146 Å². The minimum absolute atomic E-state index is 0.156. The van der Waals surface area contributed by atoms with Gasteiger partial charge >= 0.3 is 12.8 Å². The summed E-state index contributed by atoms with van der Waals surface area (Å²) in [5, 5.41) is 0. The minimum atomic E-state index is -0.156. The van der Waals surface area contributed by atoms with Crippen LogP contribution in [-0.2, 0) is 6.42 Å². The highest BCUT2D eigenvalue weighted by Crippen LogP contribution is 2.38. The molecule has 0 amide bonds. The third-order valence-corrected chi connectivity index (χ3v) is 11.0. The SMILES string of the molecule is CC(C)c1cccc(C(C)C)c1-[n+]1cc(Cc2cn3c(n2)-c2ccccc2N(C)B3c2c(-c3ccccc3)cccc2-c2ccccc2)[nH]c1-c1ncc[nH]1. The van der Waals surface area contributed by atoms with Crippen molar-refractivity contribution < 1.29 is 4.57 Å². The van der Waals surface area contributed by atoms with E-state index >= 15 is 0 Å². The van der Waals surface area contributed by atoms with Crippen LogP contribution in [0.5, 0.6) is 0 Å². The number of aromatic nitrogens is 6. The maximum atomic E-state index is 5.45. The van der Waals surface area contributed by atoms with Crippen molar-refractivity contribution in [3.63, 3.8) is 0 Å². The highest BCUT2D eigenvalue weighted by molar-refractivity contribution is 6.78. The van der Waals surface area contributed by atoms with Crippen LogP contribution in [0.1, 0.15) is 62.0 Å². The van der Waals surface area contributed by atoms with Gasteiger partial charge in [-0.25, -0.2) is 15.0 Å². The number of hydrogen-bond donors (Lipinski definition) is 2. The van der Waals surface area contributed by atoms with E-state index in [2.05, 4.69) is 192 Å². The van der Waals surface area contributed by atoms with E-state index in [1.165, 1.54) is 44.5 Å². The van der Waals surface area contributed by atoms with Gasteiger partial charge in [-0.15, -0.1) is 0 Å². The number of aromatic amines is 2. The van der Waals surface area contributed by atoms with Gasteiger partial charge in [0.05, 0.1) is 12.1 Å². The summed E-state index contributed by atoms with van der Waals surface area (Å²) in [6.45, 7) is 8.91. The summed E-state index contributed by atoms with van der Waals surface area (Å²) in [5.74, 6) is 3.37. The van der Waals surface area contributed by atoms with Crippen LogP contribution < -0.4 is 14.8 Å². The molecule has 55 heavy (non-hydrogen) atoms. The molecule has 2 N–H and O–H groups in total. The lowest BCUT2D eigenvalue weighted by molar-refractivity contribution is -0.584. The molecule has 0 aliphatic carbocycles. The number of nitrogens with one attached hydrogen (secondary N) is 2. The Balaban J connectivity index is 1.22. The van der Waals surface area contributed by atoms with Crippen molar-refractivity contribution >= 4 is 18.1 Å². The van der Waals surface area contributed by atoms with E-state index in [9.17, 15) is 0 Å². The van der Waals surface area contributed by atoms with E-state index in [1.807, 2.05) is 12.4 Å². The molecule has 1 aliphatic heterocycles. The van der Waals surface area contributed by atoms with Crippen molar-refractivity contribution in [3.8, 4) is 51.0 Å². The van der Waals surface area contributed by atoms with Gasteiger partial charge in [0.1, 0.15) is 23.4 Å². The molecule has 0 atom stereocenters. The average Bonchev–Trinajstić information content (AvgIpc) is 3.99. The van der Waals surface area contributed by atoms with Crippen LogP contribution in [0.25, 0.3) is 51.0 Å². The van der Waals surface area contributed by atoms with Crippen molar-refractivity contribution in [2.24, 2.45) is 0 Å².